The first-order valence-electron chi connectivity index (χ1n) is 12.1. The lowest BCUT2D eigenvalue weighted by Gasteiger charge is -2.22. The van der Waals surface area contributed by atoms with E-state index >= 15 is 0 Å². The highest BCUT2D eigenvalue weighted by Gasteiger charge is 2.31. The van der Waals surface area contributed by atoms with Gasteiger partial charge in [0.15, 0.2) is 6.61 Å². The fraction of sp³-hybridized carbons (Fsp3) is 0.296. The molecule has 0 spiro atoms. The first-order chi connectivity index (χ1) is 18.9. The molecule has 0 heterocycles. The Bertz CT molecular complexity index is 1380. The van der Waals surface area contributed by atoms with Crippen LogP contribution >= 0.6 is 23.4 Å². The molecule has 0 unspecified atom stereocenters. The number of ether oxygens (including phenoxy) is 2. The Labute approximate surface area is 239 Å². The molecule has 13 heteroatoms. The van der Waals surface area contributed by atoms with E-state index < -0.39 is 29.0 Å². The zero-order chi connectivity index (χ0) is 29.3. The van der Waals surface area contributed by atoms with Gasteiger partial charge in [0.25, 0.3) is 0 Å². The number of rotatable bonds is 14. The van der Waals surface area contributed by atoms with Gasteiger partial charge in [0.05, 0.1) is 9.92 Å². The van der Waals surface area contributed by atoms with E-state index in [1.807, 2.05) is 6.92 Å². The van der Waals surface area contributed by atoms with Crippen molar-refractivity contribution in [3.63, 3.8) is 0 Å². The molecule has 0 aliphatic carbocycles. The molecule has 3 rings (SSSR count). The fourth-order valence-electron chi connectivity index (χ4n) is 3.60. The van der Waals surface area contributed by atoms with Crippen molar-refractivity contribution in [1.82, 2.24) is 4.31 Å². The maximum absolute atomic E-state index is 13.4. The Balaban J connectivity index is 1.67. The summed E-state index contributed by atoms with van der Waals surface area (Å²) in [5, 5.41) is 9.00. The number of sulfonamides is 1. The number of hydrogen-bond donors (Lipinski definition) is 1. The molecule has 0 bridgehead atoms. The number of carbonyl (C=O) groups is 1. The van der Waals surface area contributed by atoms with Gasteiger partial charge < -0.3 is 14.6 Å². The summed E-state index contributed by atoms with van der Waals surface area (Å²) in [5.41, 5.74) is 1.25. The van der Waals surface area contributed by atoms with Crippen molar-refractivity contribution >= 4 is 39.4 Å². The van der Waals surface area contributed by atoms with Crippen LogP contribution in [0.5, 0.6) is 11.5 Å². The average Bonchev–Trinajstić information content (AvgIpc) is 2.89. The van der Waals surface area contributed by atoms with Gasteiger partial charge >= 0.3 is 12.3 Å². The molecule has 0 radical (unpaired) electrons. The minimum atomic E-state index is -4.78. The van der Waals surface area contributed by atoms with Gasteiger partial charge in [0.1, 0.15) is 11.5 Å². The molecule has 0 fully saturated rings. The first kappa shape index (κ1) is 31.6. The van der Waals surface area contributed by atoms with Gasteiger partial charge in [-0.1, -0.05) is 49.2 Å². The quantitative estimate of drug-likeness (QED) is 0.196. The van der Waals surface area contributed by atoms with E-state index in [1.54, 1.807) is 30.3 Å². The molecule has 0 aliphatic heterocycles. The molecule has 0 atom stereocenters. The van der Waals surface area contributed by atoms with Crippen LogP contribution in [0.15, 0.2) is 76.5 Å². The molecular formula is C27H27ClF3NO6S2. The van der Waals surface area contributed by atoms with Crippen molar-refractivity contribution in [3.05, 3.63) is 71.8 Å². The first-order valence-corrected chi connectivity index (χ1v) is 14.9. The van der Waals surface area contributed by atoms with Crippen molar-refractivity contribution in [2.45, 2.75) is 35.9 Å². The lowest BCUT2D eigenvalue weighted by Crippen LogP contribution is -2.34. The standard InChI is InChI=1S/C27H27ClF3NO6S2/c1-2-3-14-32(15-16-39-22-10-13-25(24(28)17-22)37-18-26(33)34)40(35,36)23-11-6-20(7-12-23)19-4-8-21(9-5-19)38-27(29,30)31/h4-13,17H,2-3,14-16,18H2,1H3,(H,33,34). The molecule has 216 valence electrons. The predicted molar refractivity (Wildman–Crippen MR) is 148 cm³/mol. The van der Waals surface area contributed by atoms with E-state index in [0.29, 0.717) is 29.8 Å². The van der Waals surface area contributed by atoms with Gasteiger partial charge in [-0.3, -0.25) is 0 Å². The van der Waals surface area contributed by atoms with Gasteiger partial charge in [0, 0.05) is 23.7 Å². The van der Waals surface area contributed by atoms with Crippen LogP contribution in [0.3, 0.4) is 0 Å². The number of halogens is 4. The Morgan fingerprint density at radius 2 is 1.62 bits per heavy atom. The number of nitrogens with zero attached hydrogens (tertiary/aromatic N) is 1. The smallest absolute Gasteiger partial charge is 0.480 e. The maximum Gasteiger partial charge on any atom is 0.573 e. The fourth-order valence-corrected chi connectivity index (χ4v) is 6.40. The van der Waals surface area contributed by atoms with Crippen LogP contribution < -0.4 is 9.47 Å². The Morgan fingerprint density at radius 3 is 2.17 bits per heavy atom. The van der Waals surface area contributed by atoms with Crippen molar-refractivity contribution in [3.8, 4) is 22.6 Å². The van der Waals surface area contributed by atoms with E-state index in [2.05, 4.69) is 4.74 Å². The van der Waals surface area contributed by atoms with Crippen molar-refractivity contribution < 1.29 is 41.0 Å². The van der Waals surface area contributed by atoms with Crippen LogP contribution in [-0.2, 0) is 14.8 Å². The van der Waals surface area contributed by atoms with Crippen molar-refractivity contribution in [1.29, 1.82) is 0 Å². The molecular weight excluding hydrogens is 591 g/mol. The van der Waals surface area contributed by atoms with Crippen LogP contribution in [0, 0.1) is 0 Å². The Hall–Kier alpha value is -2.93. The second kappa shape index (κ2) is 14.1. The summed E-state index contributed by atoms with van der Waals surface area (Å²) in [6.45, 7) is 2.03. The number of benzene rings is 3. The molecule has 0 saturated carbocycles. The monoisotopic (exact) mass is 617 g/mol. The summed E-state index contributed by atoms with van der Waals surface area (Å²) >= 11 is 7.58. The minimum absolute atomic E-state index is 0.109. The lowest BCUT2D eigenvalue weighted by atomic mass is 10.1. The summed E-state index contributed by atoms with van der Waals surface area (Å²) in [6.07, 6.45) is -3.30. The second-order valence-electron chi connectivity index (χ2n) is 8.48. The number of aliphatic carboxylic acids is 1. The largest absolute Gasteiger partial charge is 0.573 e. The van der Waals surface area contributed by atoms with Gasteiger partial charge in [-0.25, -0.2) is 13.2 Å². The Morgan fingerprint density at radius 1 is 1.00 bits per heavy atom. The molecule has 0 aromatic heterocycles. The van der Waals surface area contributed by atoms with E-state index in [1.165, 1.54) is 52.5 Å². The number of unbranched alkanes of at least 4 members (excludes halogenated alkanes) is 1. The highest BCUT2D eigenvalue weighted by Crippen LogP contribution is 2.31. The zero-order valence-corrected chi connectivity index (χ0v) is 23.7. The zero-order valence-electron chi connectivity index (χ0n) is 21.4. The van der Waals surface area contributed by atoms with Crippen LogP contribution in [-0.4, -0.2) is 55.6 Å². The Kier molecular flexibility index (Phi) is 11.1. The third-order valence-corrected chi connectivity index (χ3v) is 8.72. The number of thioether (sulfide) groups is 1. The predicted octanol–water partition coefficient (Wildman–Crippen LogP) is 6.95. The summed E-state index contributed by atoms with van der Waals surface area (Å²) in [7, 11) is -3.81. The molecule has 0 saturated heterocycles. The van der Waals surface area contributed by atoms with Gasteiger partial charge in [-0.2, -0.15) is 4.31 Å². The van der Waals surface area contributed by atoms with Crippen molar-refractivity contribution in [2.75, 3.05) is 25.4 Å². The van der Waals surface area contributed by atoms with Gasteiger partial charge in [-0.15, -0.1) is 24.9 Å². The van der Waals surface area contributed by atoms with E-state index in [9.17, 15) is 26.4 Å². The number of carboxylic acids is 1. The normalized spacial score (nSPS) is 11.9. The topological polar surface area (TPSA) is 93.1 Å². The van der Waals surface area contributed by atoms with Crippen molar-refractivity contribution in [2.24, 2.45) is 0 Å². The maximum atomic E-state index is 13.4. The van der Waals surface area contributed by atoms with E-state index in [4.69, 9.17) is 21.4 Å². The minimum Gasteiger partial charge on any atom is -0.480 e. The molecule has 0 aliphatic rings. The molecule has 1 N–H and O–H groups in total. The van der Waals surface area contributed by atoms with Gasteiger partial charge in [0.2, 0.25) is 10.0 Å². The third-order valence-electron chi connectivity index (χ3n) is 5.54. The van der Waals surface area contributed by atoms with Crippen LogP contribution in [0.25, 0.3) is 11.1 Å². The van der Waals surface area contributed by atoms with Gasteiger partial charge in [-0.05, 0) is 60.0 Å². The molecule has 7 nitrogen and oxygen atoms in total. The molecule has 0 amide bonds. The number of hydrogen-bond acceptors (Lipinski definition) is 6. The molecule has 3 aromatic carbocycles. The average molecular weight is 618 g/mol. The third kappa shape index (κ3) is 9.33. The van der Waals surface area contributed by atoms with E-state index in [-0.39, 0.29) is 28.0 Å². The van der Waals surface area contributed by atoms with Crippen LogP contribution in [0.2, 0.25) is 5.02 Å². The summed E-state index contributed by atoms with van der Waals surface area (Å²) in [5.74, 6) is -0.774. The highest BCUT2D eigenvalue weighted by molar-refractivity contribution is 7.99. The lowest BCUT2D eigenvalue weighted by molar-refractivity contribution is -0.274. The molecule has 40 heavy (non-hydrogen) atoms. The number of alkyl halides is 3. The molecule has 3 aromatic rings. The van der Waals surface area contributed by atoms with Crippen LogP contribution in [0.1, 0.15) is 19.8 Å². The summed E-state index contributed by atoms with van der Waals surface area (Å²) in [6, 6.07) is 16.4. The number of carboxylic acid groups (broad SMARTS) is 1. The second-order valence-corrected chi connectivity index (χ2v) is 12.0. The summed E-state index contributed by atoms with van der Waals surface area (Å²) < 4.78 is 74.5. The summed E-state index contributed by atoms with van der Waals surface area (Å²) in [4.78, 5) is 11.6. The van der Waals surface area contributed by atoms with Crippen LogP contribution in [0.4, 0.5) is 13.2 Å². The SMILES string of the molecule is CCCCN(CCSc1ccc(OCC(=O)O)c(Cl)c1)S(=O)(=O)c1ccc(-c2ccc(OC(F)(F)F)cc2)cc1. The van der Waals surface area contributed by atoms with E-state index in [0.717, 1.165) is 11.3 Å². The highest BCUT2D eigenvalue weighted by atomic mass is 35.5.